The standard InChI is InChI=1S/C19H19N3O6/c1-27-19(24)13-2-4-14(5-3-13)20-18(23)16-12-15(22(25)26)6-7-17(16)21-8-10-28-11-9-21/h2-7,12H,8-11H2,1H3,(H,20,23). The van der Waals surface area contributed by atoms with Crippen LogP contribution in [-0.4, -0.2) is 50.2 Å². The second-order valence-corrected chi connectivity index (χ2v) is 6.08. The number of anilines is 2. The molecule has 2 aromatic rings. The number of carbonyl (C=O) groups excluding carboxylic acids is 2. The Kier molecular flexibility index (Phi) is 5.85. The summed E-state index contributed by atoms with van der Waals surface area (Å²) in [5.74, 6) is -0.956. The van der Waals surface area contributed by atoms with Crippen LogP contribution in [0, 0.1) is 10.1 Å². The zero-order chi connectivity index (χ0) is 20.1. The Bertz CT molecular complexity index is 891. The van der Waals surface area contributed by atoms with Gasteiger partial charge in [-0.1, -0.05) is 0 Å². The number of nitro groups is 1. The molecule has 1 fully saturated rings. The SMILES string of the molecule is COC(=O)c1ccc(NC(=O)c2cc([N+](=O)[O-])ccc2N2CCOCC2)cc1. The van der Waals surface area contributed by atoms with Gasteiger partial charge in [0.1, 0.15) is 0 Å². The van der Waals surface area contributed by atoms with Crippen LogP contribution in [0.1, 0.15) is 20.7 Å². The third-order valence-electron chi connectivity index (χ3n) is 4.35. The normalized spacial score (nSPS) is 13.7. The number of morpholine rings is 1. The van der Waals surface area contributed by atoms with Crippen LogP contribution >= 0.6 is 0 Å². The predicted molar refractivity (Wildman–Crippen MR) is 102 cm³/mol. The van der Waals surface area contributed by atoms with Gasteiger partial charge in [-0.3, -0.25) is 14.9 Å². The molecular weight excluding hydrogens is 366 g/mol. The van der Waals surface area contributed by atoms with Gasteiger partial charge in [-0.25, -0.2) is 4.79 Å². The van der Waals surface area contributed by atoms with Crippen molar-refractivity contribution < 1.29 is 24.0 Å². The second kappa shape index (κ2) is 8.49. The molecule has 1 N–H and O–H groups in total. The van der Waals surface area contributed by atoms with E-state index in [2.05, 4.69) is 10.1 Å². The van der Waals surface area contributed by atoms with Gasteiger partial charge in [-0.2, -0.15) is 0 Å². The number of benzene rings is 2. The maximum Gasteiger partial charge on any atom is 0.337 e. The summed E-state index contributed by atoms with van der Waals surface area (Å²) in [7, 11) is 1.29. The summed E-state index contributed by atoms with van der Waals surface area (Å²) in [6.45, 7) is 2.22. The number of hydrogen-bond donors (Lipinski definition) is 1. The number of carbonyl (C=O) groups is 2. The van der Waals surface area contributed by atoms with E-state index in [-0.39, 0.29) is 11.3 Å². The number of nitrogens with zero attached hydrogens (tertiary/aromatic N) is 2. The van der Waals surface area contributed by atoms with E-state index in [1.54, 1.807) is 18.2 Å². The molecule has 28 heavy (non-hydrogen) atoms. The van der Waals surface area contributed by atoms with Crippen molar-refractivity contribution in [2.24, 2.45) is 0 Å². The molecule has 0 saturated carbocycles. The summed E-state index contributed by atoms with van der Waals surface area (Å²) >= 11 is 0. The van der Waals surface area contributed by atoms with Gasteiger partial charge >= 0.3 is 5.97 Å². The summed E-state index contributed by atoms with van der Waals surface area (Å²) in [4.78, 5) is 36.9. The van der Waals surface area contributed by atoms with Crippen molar-refractivity contribution in [3.63, 3.8) is 0 Å². The van der Waals surface area contributed by atoms with E-state index in [4.69, 9.17) is 4.74 Å². The molecule has 9 nitrogen and oxygen atoms in total. The zero-order valence-electron chi connectivity index (χ0n) is 15.2. The van der Waals surface area contributed by atoms with Crippen LogP contribution < -0.4 is 10.2 Å². The Morgan fingerprint density at radius 2 is 1.82 bits per heavy atom. The number of nitrogens with one attached hydrogen (secondary N) is 1. The lowest BCUT2D eigenvalue weighted by Crippen LogP contribution is -2.37. The first-order valence-corrected chi connectivity index (χ1v) is 8.60. The monoisotopic (exact) mass is 385 g/mol. The summed E-state index contributed by atoms with van der Waals surface area (Å²) in [5.41, 5.74) is 1.45. The molecule has 0 aromatic heterocycles. The Morgan fingerprint density at radius 1 is 1.14 bits per heavy atom. The lowest BCUT2D eigenvalue weighted by atomic mass is 10.1. The van der Waals surface area contributed by atoms with Crippen LogP contribution in [0.2, 0.25) is 0 Å². The van der Waals surface area contributed by atoms with Gasteiger partial charge in [0.25, 0.3) is 11.6 Å². The van der Waals surface area contributed by atoms with Crippen molar-refractivity contribution in [1.82, 2.24) is 0 Å². The van der Waals surface area contributed by atoms with Crippen molar-refractivity contribution in [3.05, 3.63) is 63.7 Å². The molecule has 0 unspecified atom stereocenters. The van der Waals surface area contributed by atoms with Crippen LogP contribution in [0.3, 0.4) is 0 Å². The molecule has 1 aliphatic rings. The number of nitro benzene ring substituents is 1. The highest BCUT2D eigenvalue weighted by atomic mass is 16.6. The van der Waals surface area contributed by atoms with Crippen LogP contribution in [0.4, 0.5) is 17.1 Å². The van der Waals surface area contributed by atoms with E-state index in [0.29, 0.717) is 43.2 Å². The minimum Gasteiger partial charge on any atom is -0.465 e. The first kappa shape index (κ1) is 19.3. The maximum absolute atomic E-state index is 12.8. The van der Waals surface area contributed by atoms with Crippen LogP contribution in [-0.2, 0) is 9.47 Å². The molecule has 0 atom stereocenters. The summed E-state index contributed by atoms with van der Waals surface area (Å²) in [6, 6.07) is 10.4. The molecule has 3 rings (SSSR count). The average Bonchev–Trinajstić information content (AvgIpc) is 2.73. The van der Waals surface area contributed by atoms with E-state index >= 15 is 0 Å². The fourth-order valence-electron chi connectivity index (χ4n) is 2.91. The van der Waals surface area contributed by atoms with Gasteiger partial charge in [-0.05, 0) is 30.3 Å². The number of esters is 1. The van der Waals surface area contributed by atoms with Crippen molar-refractivity contribution in [2.75, 3.05) is 43.6 Å². The third kappa shape index (κ3) is 4.26. The van der Waals surface area contributed by atoms with Gasteiger partial charge in [0.2, 0.25) is 0 Å². The molecule has 2 aromatic carbocycles. The Hall–Kier alpha value is -3.46. The molecule has 9 heteroatoms. The van der Waals surface area contributed by atoms with E-state index in [1.165, 1.54) is 31.4 Å². The van der Waals surface area contributed by atoms with Gasteiger partial charge in [0, 0.05) is 30.9 Å². The summed E-state index contributed by atoms with van der Waals surface area (Å²) < 4.78 is 9.97. The number of non-ortho nitro benzene ring substituents is 1. The molecule has 1 saturated heterocycles. The van der Waals surface area contributed by atoms with Gasteiger partial charge in [-0.15, -0.1) is 0 Å². The maximum atomic E-state index is 12.8. The van der Waals surface area contributed by atoms with Crippen molar-refractivity contribution in [3.8, 4) is 0 Å². The molecular formula is C19H19N3O6. The van der Waals surface area contributed by atoms with E-state index < -0.39 is 16.8 Å². The van der Waals surface area contributed by atoms with Crippen LogP contribution in [0.5, 0.6) is 0 Å². The van der Waals surface area contributed by atoms with E-state index in [9.17, 15) is 19.7 Å². The molecule has 0 bridgehead atoms. The number of amides is 1. The highest BCUT2D eigenvalue weighted by Crippen LogP contribution is 2.27. The molecule has 1 heterocycles. The predicted octanol–water partition coefficient (Wildman–Crippen LogP) is 2.47. The quantitative estimate of drug-likeness (QED) is 0.478. The molecule has 0 radical (unpaired) electrons. The Labute approximate surface area is 161 Å². The van der Waals surface area contributed by atoms with Crippen molar-refractivity contribution in [2.45, 2.75) is 0 Å². The minimum atomic E-state index is -0.537. The highest BCUT2D eigenvalue weighted by molar-refractivity contribution is 6.08. The molecule has 0 spiro atoms. The fourth-order valence-corrected chi connectivity index (χ4v) is 2.91. The number of ether oxygens (including phenoxy) is 2. The Balaban J connectivity index is 1.87. The zero-order valence-corrected chi connectivity index (χ0v) is 15.2. The van der Waals surface area contributed by atoms with Crippen molar-refractivity contribution >= 4 is 28.9 Å². The summed E-state index contributed by atoms with van der Waals surface area (Å²) in [6.07, 6.45) is 0. The second-order valence-electron chi connectivity index (χ2n) is 6.08. The van der Waals surface area contributed by atoms with E-state index in [1.807, 2.05) is 4.90 Å². The van der Waals surface area contributed by atoms with Crippen LogP contribution in [0.15, 0.2) is 42.5 Å². The summed E-state index contributed by atoms with van der Waals surface area (Å²) in [5, 5.41) is 13.9. The highest BCUT2D eigenvalue weighted by Gasteiger charge is 2.22. The minimum absolute atomic E-state index is 0.164. The fraction of sp³-hybridized carbons (Fsp3) is 0.263. The first-order valence-electron chi connectivity index (χ1n) is 8.60. The number of rotatable bonds is 5. The molecule has 0 aliphatic carbocycles. The lowest BCUT2D eigenvalue weighted by Gasteiger charge is -2.30. The molecule has 1 aliphatic heterocycles. The van der Waals surface area contributed by atoms with Gasteiger partial charge in [0.15, 0.2) is 0 Å². The first-order chi connectivity index (χ1) is 13.5. The largest absolute Gasteiger partial charge is 0.465 e. The molecule has 146 valence electrons. The van der Waals surface area contributed by atoms with E-state index in [0.717, 1.165) is 0 Å². The Morgan fingerprint density at radius 3 is 2.43 bits per heavy atom. The third-order valence-corrected chi connectivity index (χ3v) is 4.35. The number of methoxy groups -OCH3 is 1. The van der Waals surface area contributed by atoms with Gasteiger partial charge < -0.3 is 19.7 Å². The van der Waals surface area contributed by atoms with Crippen molar-refractivity contribution in [1.29, 1.82) is 0 Å². The average molecular weight is 385 g/mol. The molecule has 1 amide bonds. The lowest BCUT2D eigenvalue weighted by molar-refractivity contribution is -0.384. The topological polar surface area (TPSA) is 111 Å². The van der Waals surface area contributed by atoms with Gasteiger partial charge in [0.05, 0.1) is 42.1 Å². The van der Waals surface area contributed by atoms with Crippen LogP contribution in [0.25, 0.3) is 0 Å². The smallest absolute Gasteiger partial charge is 0.337 e. The number of hydrogen-bond acceptors (Lipinski definition) is 7.